The van der Waals surface area contributed by atoms with E-state index < -0.39 is 5.82 Å². The van der Waals surface area contributed by atoms with Gasteiger partial charge in [0.05, 0.1) is 17.3 Å². The zero-order valence-corrected chi connectivity index (χ0v) is 10.4. The molecule has 5 heteroatoms. The standard InChI is InChI=1S/C12H13ClFN3/c1-7-12(16-11(6-15)17(7)2)8-3-4-10(14)9(13)5-8/h3-5H,6,15H2,1-2H3. The maximum Gasteiger partial charge on any atom is 0.141 e. The van der Waals surface area contributed by atoms with Gasteiger partial charge in [0, 0.05) is 18.3 Å². The van der Waals surface area contributed by atoms with E-state index in [9.17, 15) is 4.39 Å². The molecule has 0 aliphatic rings. The summed E-state index contributed by atoms with van der Waals surface area (Å²) >= 11 is 5.76. The quantitative estimate of drug-likeness (QED) is 0.894. The largest absolute Gasteiger partial charge is 0.334 e. The van der Waals surface area contributed by atoms with Crippen molar-refractivity contribution in [3.05, 3.63) is 40.6 Å². The highest BCUT2D eigenvalue weighted by molar-refractivity contribution is 6.31. The van der Waals surface area contributed by atoms with Gasteiger partial charge in [-0.15, -0.1) is 0 Å². The van der Waals surface area contributed by atoms with Crippen molar-refractivity contribution < 1.29 is 4.39 Å². The van der Waals surface area contributed by atoms with Crippen LogP contribution in [0.15, 0.2) is 18.2 Å². The number of halogens is 2. The fraction of sp³-hybridized carbons (Fsp3) is 0.250. The van der Waals surface area contributed by atoms with E-state index in [1.807, 2.05) is 18.5 Å². The van der Waals surface area contributed by atoms with Crippen LogP contribution in [0.2, 0.25) is 5.02 Å². The van der Waals surface area contributed by atoms with E-state index in [-0.39, 0.29) is 5.02 Å². The monoisotopic (exact) mass is 253 g/mol. The van der Waals surface area contributed by atoms with Crippen LogP contribution in [0, 0.1) is 12.7 Å². The molecule has 17 heavy (non-hydrogen) atoms. The van der Waals surface area contributed by atoms with Crippen LogP contribution in [0.4, 0.5) is 4.39 Å². The average Bonchev–Trinajstić information content (AvgIpc) is 2.60. The van der Waals surface area contributed by atoms with E-state index in [1.54, 1.807) is 12.1 Å². The van der Waals surface area contributed by atoms with Crippen LogP contribution in [0.5, 0.6) is 0 Å². The van der Waals surface area contributed by atoms with Gasteiger partial charge in [-0.2, -0.15) is 0 Å². The number of aromatic nitrogens is 2. The minimum Gasteiger partial charge on any atom is -0.334 e. The lowest BCUT2D eigenvalue weighted by Crippen LogP contribution is -2.05. The zero-order valence-electron chi connectivity index (χ0n) is 9.67. The first-order valence-electron chi connectivity index (χ1n) is 5.22. The van der Waals surface area contributed by atoms with Gasteiger partial charge in [0.15, 0.2) is 0 Å². The van der Waals surface area contributed by atoms with E-state index in [0.29, 0.717) is 6.54 Å². The van der Waals surface area contributed by atoms with Crippen molar-refractivity contribution in [3.8, 4) is 11.3 Å². The number of imidazole rings is 1. The third-order valence-corrected chi connectivity index (χ3v) is 3.14. The molecule has 2 rings (SSSR count). The summed E-state index contributed by atoms with van der Waals surface area (Å²) in [5.74, 6) is 0.362. The molecule has 2 aromatic rings. The summed E-state index contributed by atoms with van der Waals surface area (Å²) in [6.45, 7) is 2.31. The first kappa shape index (κ1) is 12.1. The molecule has 1 aromatic carbocycles. The highest BCUT2D eigenvalue weighted by atomic mass is 35.5. The Labute approximate surface area is 104 Å². The van der Waals surface area contributed by atoms with E-state index >= 15 is 0 Å². The van der Waals surface area contributed by atoms with Crippen molar-refractivity contribution in [1.82, 2.24) is 9.55 Å². The molecule has 0 amide bonds. The van der Waals surface area contributed by atoms with Crippen LogP contribution in [-0.4, -0.2) is 9.55 Å². The fourth-order valence-electron chi connectivity index (χ4n) is 1.74. The third kappa shape index (κ3) is 2.06. The van der Waals surface area contributed by atoms with Gasteiger partial charge >= 0.3 is 0 Å². The molecular weight excluding hydrogens is 241 g/mol. The van der Waals surface area contributed by atoms with E-state index in [2.05, 4.69) is 4.98 Å². The Balaban J connectivity index is 2.56. The summed E-state index contributed by atoms with van der Waals surface area (Å²) in [6, 6.07) is 4.58. The van der Waals surface area contributed by atoms with Gasteiger partial charge in [0.2, 0.25) is 0 Å². The lowest BCUT2D eigenvalue weighted by Gasteiger charge is -2.02. The lowest BCUT2D eigenvalue weighted by atomic mass is 10.1. The number of nitrogens with two attached hydrogens (primary N) is 1. The number of rotatable bonds is 2. The summed E-state index contributed by atoms with van der Waals surface area (Å²) in [5.41, 5.74) is 8.16. The molecule has 0 fully saturated rings. The fourth-order valence-corrected chi connectivity index (χ4v) is 1.92. The second kappa shape index (κ2) is 4.47. The smallest absolute Gasteiger partial charge is 0.141 e. The third-order valence-electron chi connectivity index (χ3n) is 2.85. The molecule has 0 saturated carbocycles. The highest BCUT2D eigenvalue weighted by Gasteiger charge is 2.13. The molecule has 0 aliphatic carbocycles. The van der Waals surface area contributed by atoms with Crippen molar-refractivity contribution in [2.75, 3.05) is 0 Å². The Bertz CT molecular complexity index is 563. The van der Waals surface area contributed by atoms with Gasteiger partial charge < -0.3 is 10.3 Å². The predicted molar refractivity (Wildman–Crippen MR) is 66.2 cm³/mol. The lowest BCUT2D eigenvalue weighted by molar-refractivity contribution is 0.628. The van der Waals surface area contributed by atoms with Crippen LogP contribution in [0.3, 0.4) is 0 Å². The molecule has 0 aliphatic heterocycles. The first-order chi connectivity index (χ1) is 8.04. The molecule has 1 aromatic heterocycles. The Morgan fingerprint density at radius 2 is 2.18 bits per heavy atom. The van der Waals surface area contributed by atoms with E-state index in [1.165, 1.54) is 6.07 Å². The maximum absolute atomic E-state index is 13.1. The zero-order chi connectivity index (χ0) is 12.6. The second-order valence-electron chi connectivity index (χ2n) is 3.85. The van der Waals surface area contributed by atoms with Gasteiger partial charge in [-0.1, -0.05) is 11.6 Å². The van der Waals surface area contributed by atoms with Crippen molar-refractivity contribution in [1.29, 1.82) is 0 Å². The highest BCUT2D eigenvalue weighted by Crippen LogP contribution is 2.26. The summed E-state index contributed by atoms with van der Waals surface area (Å²) in [6.07, 6.45) is 0. The molecule has 2 N–H and O–H groups in total. The van der Waals surface area contributed by atoms with Crippen LogP contribution in [0.25, 0.3) is 11.3 Å². The molecule has 0 atom stereocenters. The van der Waals surface area contributed by atoms with Crippen LogP contribution < -0.4 is 5.73 Å². The number of nitrogens with zero attached hydrogens (tertiary/aromatic N) is 2. The number of hydrogen-bond acceptors (Lipinski definition) is 2. The molecule has 0 spiro atoms. The Morgan fingerprint density at radius 3 is 2.71 bits per heavy atom. The normalized spacial score (nSPS) is 10.9. The van der Waals surface area contributed by atoms with Gasteiger partial charge in [0.1, 0.15) is 11.6 Å². The predicted octanol–water partition coefficient (Wildman–Crippen LogP) is 2.65. The summed E-state index contributed by atoms with van der Waals surface area (Å²) < 4.78 is 15.0. The summed E-state index contributed by atoms with van der Waals surface area (Å²) in [5, 5.41) is 0.0989. The van der Waals surface area contributed by atoms with E-state index in [4.69, 9.17) is 17.3 Å². The number of benzene rings is 1. The minimum atomic E-state index is -0.428. The molecule has 90 valence electrons. The van der Waals surface area contributed by atoms with Crippen molar-refractivity contribution in [3.63, 3.8) is 0 Å². The number of hydrogen-bond donors (Lipinski definition) is 1. The first-order valence-corrected chi connectivity index (χ1v) is 5.60. The van der Waals surface area contributed by atoms with Crippen LogP contribution >= 0.6 is 11.6 Å². The molecule has 0 radical (unpaired) electrons. The second-order valence-corrected chi connectivity index (χ2v) is 4.26. The molecule has 0 saturated heterocycles. The molecular formula is C12H13ClFN3. The van der Waals surface area contributed by atoms with Crippen LogP contribution in [0.1, 0.15) is 11.5 Å². The van der Waals surface area contributed by atoms with Crippen molar-refractivity contribution in [2.45, 2.75) is 13.5 Å². The van der Waals surface area contributed by atoms with Crippen LogP contribution in [-0.2, 0) is 13.6 Å². The van der Waals surface area contributed by atoms with Gasteiger partial charge in [-0.25, -0.2) is 9.37 Å². The average molecular weight is 254 g/mol. The maximum atomic E-state index is 13.1. The Kier molecular flexibility index (Phi) is 3.17. The van der Waals surface area contributed by atoms with Gasteiger partial charge in [-0.05, 0) is 25.1 Å². The molecule has 0 bridgehead atoms. The molecule has 3 nitrogen and oxygen atoms in total. The van der Waals surface area contributed by atoms with Gasteiger partial charge in [0.25, 0.3) is 0 Å². The topological polar surface area (TPSA) is 43.8 Å². The van der Waals surface area contributed by atoms with Crippen molar-refractivity contribution in [2.24, 2.45) is 12.8 Å². The summed E-state index contributed by atoms with van der Waals surface area (Å²) in [4.78, 5) is 4.43. The minimum absolute atomic E-state index is 0.0989. The van der Waals surface area contributed by atoms with Crippen molar-refractivity contribution >= 4 is 11.6 Å². The van der Waals surface area contributed by atoms with Gasteiger partial charge in [-0.3, -0.25) is 0 Å². The molecule has 0 unspecified atom stereocenters. The SMILES string of the molecule is Cc1c(-c2ccc(F)c(Cl)c2)nc(CN)n1C. The summed E-state index contributed by atoms with van der Waals surface area (Å²) in [7, 11) is 1.90. The van der Waals surface area contributed by atoms with E-state index in [0.717, 1.165) is 22.8 Å². The Morgan fingerprint density at radius 1 is 1.47 bits per heavy atom. The molecule has 1 heterocycles. The Hall–Kier alpha value is -1.39.